The molecule has 16 heavy (non-hydrogen) atoms. The van der Waals surface area contributed by atoms with Crippen molar-refractivity contribution < 1.29 is 0 Å². The van der Waals surface area contributed by atoms with Crippen molar-refractivity contribution in [1.82, 2.24) is 9.97 Å². The first kappa shape index (κ1) is 11.1. The van der Waals surface area contributed by atoms with Gasteiger partial charge in [-0.05, 0) is 18.6 Å². The Kier molecular flexibility index (Phi) is 3.54. The van der Waals surface area contributed by atoms with Crippen molar-refractivity contribution in [2.75, 3.05) is 0 Å². The highest BCUT2D eigenvalue weighted by Crippen LogP contribution is 2.29. The van der Waals surface area contributed by atoms with Gasteiger partial charge in [-0.3, -0.25) is 4.98 Å². The third-order valence-corrected chi connectivity index (χ3v) is 3.44. The van der Waals surface area contributed by atoms with E-state index in [9.17, 15) is 0 Å². The molecule has 0 aliphatic rings. The van der Waals surface area contributed by atoms with Gasteiger partial charge in [0.2, 0.25) is 0 Å². The highest BCUT2D eigenvalue weighted by molar-refractivity contribution is 7.99. The summed E-state index contributed by atoms with van der Waals surface area (Å²) in [5.41, 5.74) is 7.71. The zero-order valence-corrected chi connectivity index (χ0v) is 9.87. The highest BCUT2D eigenvalue weighted by Gasteiger charge is 2.06. The Bertz CT molecular complexity index is 485. The molecular weight excluding hydrogens is 218 g/mol. The second kappa shape index (κ2) is 5.09. The van der Waals surface area contributed by atoms with Crippen molar-refractivity contribution in [3.05, 3.63) is 47.9 Å². The van der Waals surface area contributed by atoms with Gasteiger partial charge in [-0.2, -0.15) is 0 Å². The topological polar surface area (TPSA) is 51.8 Å². The Balaban J connectivity index is 2.30. The standard InChI is InChI=1S/C12H13N3S/c1-9-4-2-3-5-11(9)16-12-10(8-13)14-6-7-15-12/h2-7H,8,13H2,1H3. The molecular formula is C12H13N3S. The quantitative estimate of drug-likeness (QED) is 0.881. The van der Waals surface area contributed by atoms with Crippen LogP contribution in [0.15, 0.2) is 46.6 Å². The Morgan fingerprint density at radius 1 is 1.19 bits per heavy atom. The Hall–Kier alpha value is -1.39. The fourth-order valence-corrected chi connectivity index (χ4v) is 2.31. The first-order valence-electron chi connectivity index (χ1n) is 5.04. The van der Waals surface area contributed by atoms with Crippen LogP contribution in [0.4, 0.5) is 0 Å². The summed E-state index contributed by atoms with van der Waals surface area (Å²) in [6, 6.07) is 8.21. The van der Waals surface area contributed by atoms with E-state index in [0.29, 0.717) is 6.54 Å². The molecule has 0 aliphatic carbocycles. The maximum absolute atomic E-state index is 5.63. The van der Waals surface area contributed by atoms with E-state index in [-0.39, 0.29) is 0 Å². The van der Waals surface area contributed by atoms with Crippen LogP contribution in [0.1, 0.15) is 11.3 Å². The van der Waals surface area contributed by atoms with Gasteiger partial charge in [-0.25, -0.2) is 4.98 Å². The first-order chi connectivity index (χ1) is 7.81. The summed E-state index contributed by atoms with van der Waals surface area (Å²) in [4.78, 5) is 9.71. The molecule has 4 heteroatoms. The lowest BCUT2D eigenvalue weighted by Gasteiger charge is -2.06. The SMILES string of the molecule is Cc1ccccc1Sc1nccnc1CN. The van der Waals surface area contributed by atoms with Gasteiger partial charge < -0.3 is 5.73 Å². The van der Waals surface area contributed by atoms with Gasteiger partial charge in [0.15, 0.2) is 0 Å². The minimum absolute atomic E-state index is 0.419. The summed E-state index contributed by atoms with van der Waals surface area (Å²) >= 11 is 1.61. The van der Waals surface area contributed by atoms with E-state index in [1.54, 1.807) is 24.2 Å². The van der Waals surface area contributed by atoms with Gasteiger partial charge in [0, 0.05) is 23.8 Å². The largest absolute Gasteiger partial charge is 0.325 e. The summed E-state index contributed by atoms with van der Waals surface area (Å²) in [6.45, 7) is 2.50. The second-order valence-electron chi connectivity index (χ2n) is 3.38. The molecule has 0 fully saturated rings. The predicted octanol–water partition coefficient (Wildman–Crippen LogP) is 2.39. The van der Waals surface area contributed by atoms with Crippen molar-refractivity contribution in [1.29, 1.82) is 0 Å². The molecule has 1 aromatic carbocycles. The normalized spacial score (nSPS) is 10.4. The lowest BCUT2D eigenvalue weighted by molar-refractivity contribution is 0.886. The number of nitrogens with two attached hydrogens (primary N) is 1. The number of hydrogen-bond donors (Lipinski definition) is 1. The molecule has 3 nitrogen and oxygen atoms in total. The maximum atomic E-state index is 5.63. The molecule has 0 aliphatic heterocycles. The van der Waals surface area contributed by atoms with Crippen molar-refractivity contribution in [2.24, 2.45) is 5.73 Å². The Labute approximate surface area is 99.1 Å². The van der Waals surface area contributed by atoms with E-state index in [1.165, 1.54) is 10.5 Å². The number of hydrogen-bond acceptors (Lipinski definition) is 4. The van der Waals surface area contributed by atoms with Crippen LogP contribution in [0.25, 0.3) is 0 Å². The number of aromatic nitrogens is 2. The van der Waals surface area contributed by atoms with Crippen LogP contribution in [0.5, 0.6) is 0 Å². The van der Waals surface area contributed by atoms with Crippen molar-refractivity contribution in [3.8, 4) is 0 Å². The average Bonchev–Trinajstić information content (AvgIpc) is 2.33. The molecule has 0 radical (unpaired) electrons. The third kappa shape index (κ3) is 2.40. The molecule has 0 amide bonds. The van der Waals surface area contributed by atoms with Gasteiger partial charge in [0.05, 0.1) is 5.69 Å². The summed E-state index contributed by atoms with van der Waals surface area (Å²) in [5, 5.41) is 0.888. The second-order valence-corrected chi connectivity index (χ2v) is 4.41. The van der Waals surface area contributed by atoms with Gasteiger partial charge in [0.25, 0.3) is 0 Å². The zero-order chi connectivity index (χ0) is 11.4. The molecule has 2 rings (SSSR count). The smallest absolute Gasteiger partial charge is 0.124 e. The lowest BCUT2D eigenvalue weighted by atomic mass is 10.2. The van der Waals surface area contributed by atoms with Crippen LogP contribution in [0, 0.1) is 6.92 Å². The van der Waals surface area contributed by atoms with Gasteiger partial charge >= 0.3 is 0 Å². The summed E-state index contributed by atoms with van der Waals surface area (Å²) in [6.07, 6.45) is 3.36. The molecule has 82 valence electrons. The van der Waals surface area contributed by atoms with Crippen molar-refractivity contribution >= 4 is 11.8 Å². The Morgan fingerprint density at radius 3 is 2.69 bits per heavy atom. The molecule has 0 spiro atoms. The minimum atomic E-state index is 0.419. The van der Waals surface area contributed by atoms with Crippen molar-refractivity contribution in [2.45, 2.75) is 23.4 Å². The van der Waals surface area contributed by atoms with E-state index in [2.05, 4.69) is 29.0 Å². The zero-order valence-electron chi connectivity index (χ0n) is 9.05. The summed E-state index contributed by atoms with van der Waals surface area (Å²) in [7, 11) is 0. The monoisotopic (exact) mass is 231 g/mol. The summed E-state index contributed by atoms with van der Waals surface area (Å²) in [5.74, 6) is 0. The maximum Gasteiger partial charge on any atom is 0.124 e. The fourth-order valence-electron chi connectivity index (χ4n) is 1.35. The van der Waals surface area contributed by atoms with Crippen LogP contribution < -0.4 is 5.73 Å². The van der Waals surface area contributed by atoms with Crippen LogP contribution in [0.2, 0.25) is 0 Å². The number of aryl methyl sites for hydroxylation is 1. The highest BCUT2D eigenvalue weighted by atomic mass is 32.2. The molecule has 0 saturated heterocycles. The number of nitrogens with zero attached hydrogens (tertiary/aromatic N) is 2. The van der Waals surface area contributed by atoms with E-state index in [1.807, 2.05) is 12.1 Å². The van der Waals surface area contributed by atoms with Crippen LogP contribution in [-0.4, -0.2) is 9.97 Å². The predicted molar refractivity (Wildman–Crippen MR) is 65.2 cm³/mol. The molecule has 0 saturated carbocycles. The number of benzene rings is 1. The van der Waals surface area contributed by atoms with E-state index < -0.39 is 0 Å². The summed E-state index contributed by atoms with van der Waals surface area (Å²) < 4.78 is 0. The Morgan fingerprint density at radius 2 is 1.94 bits per heavy atom. The fraction of sp³-hybridized carbons (Fsp3) is 0.167. The molecule has 2 N–H and O–H groups in total. The molecule has 1 heterocycles. The van der Waals surface area contributed by atoms with Crippen LogP contribution in [-0.2, 0) is 6.54 Å². The van der Waals surface area contributed by atoms with Crippen LogP contribution in [0.3, 0.4) is 0 Å². The minimum Gasteiger partial charge on any atom is -0.325 e. The average molecular weight is 231 g/mol. The van der Waals surface area contributed by atoms with E-state index in [4.69, 9.17) is 5.73 Å². The van der Waals surface area contributed by atoms with Crippen molar-refractivity contribution in [3.63, 3.8) is 0 Å². The van der Waals surface area contributed by atoms with Crippen LogP contribution >= 0.6 is 11.8 Å². The molecule has 2 aromatic rings. The molecule has 1 aromatic heterocycles. The molecule has 0 unspecified atom stereocenters. The van der Waals surface area contributed by atoms with Gasteiger partial charge in [-0.1, -0.05) is 30.0 Å². The first-order valence-corrected chi connectivity index (χ1v) is 5.86. The van der Waals surface area contributed by atoms with E-state index >= 15 is 0 Å². The van der Waals surface area contributed by atoms with Gasteiger partial charge in [-0.15, -0.1) is 0 Å². The lowest BCUT2D eigenvalue weighted by Crippen LogP contribution is -2.02. The molecule has 0 atom stereocenters. The van der Waals surface area contributed by atoms with E-state index in [0.717, 1.165) is 10.7 Å². The third-order valence-electron chi connectivity index (χ3n) is 2.23. The molecule has 0 bridgehead atoms. The van der Waals surface area contributed by atoms with Gasteiger partial charge in [0.1, 0.15) is 5.03 Å². The number of rotatable bonds is 3.